The number of nitrogens with zero attached hydrogens (tertiary/aromatic N) is 3. The fourth-order valence-electron chi connectivity index (χ4n) is 2.31. The molecule has 1 amide bonds. The molecule has 25 heavy (non-hydrogen) atoms. The Bertz CT molecular complexity index is 972. The van der Waals surface area contributed by atoms with Gasteiger partial charge in [0.2, 0.25) is 5.91 Å². The SMILES string of the molecule is CCOC(=O)c1ccc(NC(=O)Cn2nc3ccccn3c2=O)cc1. The Morgan fingerprint density at radius 1 is 1.16 bits per heavy atom. The summed E-state index contributed by atoms with van der Waals surface area (Å²) in [5.74, 6) is -0.814. The van der Waals surface area contributed by atoms with Gasteiger partial charge in [0.1, 0.15) is 6.54 Å². The molecule has 1 aromatic carbocycles. The summed E-state index contributed by atoms with van der Waals surface area (Å²) in [5, 5.41) is 6.76. The number of hydrogen-bond donors (Lipinski definition) is 1. The van der Waals surface area contributed by atoms with Crippen molar-refractivity contribution in [2.24, 2.45) is 0 Å². The van der Waals surface area contributed by atoms with E-state index in [1.165, 1.54) is 4.40 Å². The lowest BCUT2D eigenvalue weighted by Gasteiger charge is -2.06. The average Bonchev–Trinajstić information content (AvgIpc) is 2.92. The van der Waals surface area contributed by atoms with Crippen LogP contribution in [-0.4, -0.2) is 32.7 Å². The summed E-state index contributed by atoms with van der Waals surface area (Å²) >= 11 is 0. The Labute approximate surface area is 142 Å². The first-order valence-electron chi connectivity index (χ1n) is 7.69. The van der Waals surface area contributed by atoms with Gasteiger partial charge < -0.3 is 10.1 Å². The van der Waals surface area contributed by atoms with E-state index in [1.54, 1.807) is 55.6 Å². The minimum Gasteiger partial charge on any atom is -0.462 e. The predicted molar refractivity (Wildman–Crippen MR) is 90.5 cm³/mol. The van der Waals surface area contributed by atoms with Gasteiger partial charge in [0.25, 0.3) is 0 Å². The molecule has 0 saturated heterocycles. The molecular weight excluding hydrogens is 324 g/mol. The van der Waals surface area contributed by atoms with E-state index in [0.717, 1.165) is 4.68 Å². The minimum atomic E-state index is -0.420. The van der Waals surface area contributed by atoms with Crippen LogP contribution in [0, 0.1) is 0 Å². The molecule has 1 N–H and O–H groups in total. The van der Waals surface area contributed by atoms with E-state index in [-0.39, 0.29) is 12.2 Å². The number of aromatic nitrogens is 3. The lowest BCUT2D eigenvalue weighted by Crippen LogP contribution is -2.28. The highest BCUT2D eigenvalue weighted by Gasteiger charge is 2.11. The number of hydrogen-bond acceptors (Lipinski definition) is 5. The van der Waals surface area contributed by atoms with Crippen LogP contribution in [0.1, 0.15) is 17.3 Å². The largest absolute Gasteiger partial charge is 0.462 e. The topological polar surface area (TPSA) is 94.7 Å². The van der Waals surface area contributed by atoms with Gasteiger partial charge in [0.05, 0.1) is 12.2 Å². The van der Waals surface area contributed by atoms with E-state index >= 15 is 0 Å². The van der Waals surface area contributed by atoms with Crippen molar-refractivity contribution in [1.82, 2.24) is 14.2 Å². The quantitative estimate of drug-likeness (QED) is 0.707. The molecule has 8 heteroatoms. The Balaban J connectivity index is 1.68. The Morgan fingerprint density at radius 2 is 1.92 bits per heavy atom. The first-order chi connectivity index (χ1) is 12.1. The van der Waals surface area contributed by atoms with Crippen molar-refractivity contribution in [3.05, 3.63) is 64.7 Å². The van der Waals surface area contributed by atoms with Crippen molar-refractivity contribution in [2.75, 3.05) is 11.9 Å². The molecule has 0 saturated carbocycles. The third-order valence-electron chi connectivity index (χ3n) is 3.46. The number of amides is 1. The summed E-state index contributed by atoms with van der Waals surface area (Å²) in [5.41, 5.74) is 0.994. The second-order valence-corrected chi connectivity index (χ2v) is 5.22. The highest BCUT2D eigenvalue weighted by atomic mass is 16.5. The average molecular weight is 340 g/mol. The number of anilines is 1. The third kappa shape index (κ3) is 3.57. The normalized spacial score (nSPS) is 10.6. The molecule has 2 aromatic heterocycles. The van der Waals surface area contributed by atoms with Gasteiger partial charge in [0, 0.05) is 11.9 Å². The Kier molecular flexibility index (Phi) is 4.60. The van der Waals surface area contributed by atoms with Crippen LogP contribution < -0.4 is 11.0 Å². The highest BCUT2D eigenvalue weighted by Crippen LogP contribution is 2.10. The van der Waals surface area contributed by atoms with Crippen molar-refractivity contribution >= 4 is 23.2 Å². The molecule has 128 valence electrons. The smallest absolute Gasteiger partial charge is 0.350 e. The number of carbonyl (C=O) groups excluding carboxylic acids is 2. The zero-order valence-electron chi connectivity index (χ0n) is 13.5. The van der Waals surface area contributed by atoms with Crippen molar-refractivity contribution in [2.45, 2.75) is 13.5 Å². The van der Waals surface area contributed by atoms with Crippen LogP contribution in [0.4, 0.5) is 5.69 Å². The molecule has 2 heterocycles. The molecule has 0 aliphatic carbocycles. The fourth-order valence-corrected chi connectivity index (χ4v) is 2.31. The Hall–Kier alpha value is -3.42. The molecule has 0 radical (unpaired) electrons. The molecule has 0 unspecified atom stereocenters. The van der Waals surface area contributed by atoms with Gasteiger partial charge in [-0.05, 0) is 43.3 Å². The summed E-state index contributed by atoms with van der Waals surface area (Å²) in [6, 6.07) is 11.5. The minimum absolute atomic E-state index is 0.208. The standard InChI is InChI=1S/C17H16N4O4/c1-2-25-16(23)12-6-8-13(9-7-12)18-15(22)11-21-17(24)20-10-4-3-5-14(20)19-21/h3-10H,2,11H2,1H3,(H,18,22). The summed E-state index contributed by atoms with van der Waals surface area (Å²) < 4.78 is 7.35. The summed E-state index contributed by atoms with van der Waals surface area (Å²) in [6.07, 6.45) is 1.59. The van der Waals surface area contributed by atoms with E-state index in [4.69, 9.17) is 4.74 Å². The fraction of sp³-hybridized carbons (Fsp3) is 0.176. The number of rotatable bonds is 5. The highest BCUT2D eigenvalue weighted by molar-refractivity contribution is 5.92. The second kappa shape index (κ2) is 7.00. The maximum atomic E-state index is 12.1. The van der Waals surface area contributed by atoms with Crippen LogP contribution in [0.3, 0.4) is 0 Å². The number of benzene rings is 1. The van der Waals surface area contributed by atoms with E-state index in [9.17, 15) is 14.4 Å². The van der Waals surface area contributed by atoms with Gasteiger partial charge in [-0.2, -0.15) is 0 Å². The number of nitrogens with one attached hydrogen (secondary N) is 1. The van der Waals surface area contributed by atoms with Crippen LogP contribution in [-0.2, 0) is 16.1 Å². The monoisotopic (exact) mass is 340 g/mol. The van der Waals surface area contributed by atoms with Crippen molar-refractivity contribution in [3.8, 4) is 0 Å². The van der Waals surface area contributed by atoms with Crippen LogP contribution in [0.5, 0.6) is 0 Å². The van der Waals surface area contributed by atoms with E-state index in [1.807, 2.05) is 0 Å². The molecule has 0 bridgehead atoms. The molecule has 0 aliphatic heterocycles. The van der Waals surface area contributed by atoms with Crippen LogP contribution in [0.15, 0.2) is 53.5 Å². The van der Waals surface area contributed by atoms with Crippen molar-refractivity contribution in [1.29, 1.82) is 0 Å². The number of carbonyl (C=O) groups is 2. The first-order valence-corrected chi connectivity index (χ1v) is 7.69. The molecule has 0 fully saturated rings. The lowest BCUT2D eigenvalue weighted by molar-refractivity contribution is -0.117. The zero-order valence-corrected chi connectivity index (χ0v) is 13.5. The van der Waals surface area contributed by atoms with E-state index < -0.39 is 11.9 Å². The maximum Gasteiger partial charge on any atom is 0.350 e. The lowest BCUT2D eigenvalue weighted by atomic mass is 10.2. The van der Waals surface area contributed by atoms with E-state index in [2.05, 4.69) is 10.4 Å². The van der Waals surface area contributed by atoms with Crippen LogP contribution in [0.25, 0.3) is 5.65 Å². The van der Waals surface area contributed by atoms with Gasteiger partial charge in [-0.25, -0.2) is 14.3 Å². The van der Waals surface area contributed by atoms with Crippen molar-refractivity contribution < 1.29 is 14.3 Å². The van der Waals surface area contributed by atoms with Gasteiger partial charge in [0.15, 0.2) is 5.65 Å². The van der Waals surface area contributed by atoms with Crippen LogP contribution >= 0.6 is 0 Å². The summed E-state index contributed by atoms with van der Waals surface area (Å²) in [6.45, 7) is 1.82. The second-order valence-electron chi connectivity index (χ2n) is 5.22. The summed E-state index contributed by atoms with van der Waals surface area (Å²) in [4.78, 5) is 35.8. The van der Waals surface area contributed by atoms with Gasteiger partial charge in [-0.15, -0.1) is 5.10 Å². The first kappa shape index (κ1) is 16.4. The van der Waals surface area contributed by atoms with Crippen LogP contribution in [0.2, 0.25) is 0 Å². The zero-order chi connectivity index (χ0) is 17.8. The molecule has 3 rings (SSSR count). The molecule has 0 atom stereocenters. The predicted octanol–water partition coefficient (Wildman–Crippen LogP) is 1.31. The molecule has 0 spiro atoms. The molecule has 0 aliphatic rings. The van der Waals surface area contributed by atoms with Gasteiger partial charge in [-0.3, -0.25) is 9.20 Å². The molecule has 8 nitrogen and oxygen atoms in total. The van der Waals surface area contributed by atoms with Gasteiger partial charge >= 0.3 is 11.7 Å². The molecular formula is C17H16N4O4. The number of ether oxygens (including phenoxy) is 1. The Morgan fingerprint density at radius 3 is 2.60 bits per heavy atom. The number of esters is 1. The van der Waals surface area contributed by atoms with Crippen molar-refractivity contribution in [3.63, 3.8) is 0 Å². The molecule has 3 aromatic rings. The number of pyridine rings is 1. The van der Waals surface area contributed by atoms with Gasteiger partial charge in [-0.1, -0.05) is 6.07 Å². The maximum absolute atomic E-state index is 12.1. The van der Waals surface area contributed by atoms with E-state index in [0.29, 0.717) is 23.5 Å². The number of fused-ring (bicyclic) bond motifs is 1. The summed E-state index contributed by atoms with van der Waals surface area (Å²) in [7, 11) is 0. The third-order valence-corrected chi connectivity index (χ3v) is 3.46.